The van der Waals surface area contributed by atoms with Crippen molar-refractivity contribution in [3.05, 3.63) is 70.8 Å². The Labute approximate surface area is 213 Å². The predicted molar refractivity (Wildman–Crippen MR) is 147 cm³/mol. The molecule has 0 aliphatic heterocycles. The number of methoxy groups -OCH3 is 1. The number of aromatic nitrogens is 2. The second-order valence-corrected chi connectivity index (χ2v) is 10.1. The minimum atomic E-state index is -0.663. The Morgan fingerprint density at radius 2 is 1.81 bits per heavy atom. The summed E-state index contributed by atoms with van der Waals surface area (Å²) in [6.45, 7) is 13.9. The lowest BCUT2D eigenvalue weighted by Gasteiger charge is -2.27. The largest absolute Gasteiger partial charge is 0.495 e. The molecule has 3 N–H and O–H groups in total. The van der Waals surface area contributed by atoms with Crippen LogP contribution in [-0.2, 0) is 4.79 Å². The van der Waals surface area contributed by atoms with Crippen LogP contribution in [0.25, 0.3) is 5.69 Å². The molecule has 0 spiro atoms. The van der Waals surface area contributed by atoms with Gasteiger partial charge in [-0.1, -0.05) is 44.5 Å². The summed E-state index contributed by atoms with van der Waals surface area (Å²) in [5.74, 6) is 6.19. The third kappa shape index (κ3) is 6.00. The molecule has 36 heavy (non-hydrogen) atoms. The van der Waals surface area contributed by atoms with Crippen LogP contribution in [0.1, 0.15) is 48.7 Å². The quantitative estimate of drug-likeness (QED) is 0.280. The molecule has 8 heteroatoms. The Morgan fingerprint density at radius 1 is 1.14 bits per heavy atom. The zero-order valence-corrected chi connectivity index (χ0v) is 22.4. The van der Waals surface area contributed by atoms with Gasteiger partial charge >= 0.3 is 0 Å². The van der Waals surface area contributed by atoms with Crippen molar-refractivity contribution in [3.8, 4) is 11.4 Å². The van der Waals surface area contributed by atoms with Gasteiger partial charge in [-0.15, -0.1) is 0 Å². The molecule has 0 fully saturated rings. The van der Waals surface area contributed by atoms with E-state index in [4.69, 9.17) is 10.6 Å². The molecule has 8 nitrogen and oxygen atoms in total. The predicted octanol–water partition coefficient (Wildman–Crippen LogP) is 4.90. The number of anilines is 1. The molecule has 1 amide bonds. The SMILES string of the molecule is COc1cc(/C(C=NC(C(=O)Nc2c(C)cc(C)cc2C)C(C)(C)C)=N/N)ccc1-n1cnc(C)c1. The summed E-state index contributed by atoms with van der Waals surface area (Å²) in [7, 11) is 1.61. The van der Waals surface area contributed by atoms with Crippen molar-refractivity contribution < 1.29 is 9.53 Å². The van der Waals surface area contributed by atoms with E-state index in [-0.39, 0.29) is 5.91 Å². The second kappa shape index (κ2) is 10.8. The van der Waals surface area contributed by atoms with Gasteiger partial charge in [0.25, 0.3) is 0 Å². The van der Waals surface area contributed by atoms with E-state index in [9.17, 15) is 4.79 Å². The van der Waals surface area contributed by atoms with Crippen LogP contribution < -0.4 is 15.9 Å². The molecule has 0 radical (unpaired) electrons. The number of hydrazone groups is 1. The van der Waals surface area contributed by atoms with Gasteiger partial charge in [-0.05, 0) is 56.4 Å². The highest BCUT2D eigenvalue weighted by molar-refractivity contribution is 6.38. The fourth-order valence-corrected chi connectivity index (χ4v) is 4.18. The number of carbonyl (C=O) groups is 1. The van der Waals surface area contributed by atoms with Crippen molar-refractivity contribution in [1.29, 1.82) is 0 Å². The van der Waals surface area contributed by atoms with Gasteiger partial charge in [-0.2, -0.15) is 5.10 Å². The minimum absolute atomic E-state index is 0.186. The zero-order valence-electron chi connectivity index (χ0n) is 22.4. The zero-order chi connectivity index (χ0) is 26.6. The van der Waals surface area contributed by atoms with Crippen LogP contribution in [-0.4, -0.2) is 40.5 Å². The van der Waals surface area contributed by atoms with Gasteiger partial charge in [0.1, 0.15) is 17.5 Å². The number of aliphatic imine (C=N–C) groups is 1. The van der Waals surface area contributed by atoms with E-state index < -0.39 is 11.5 Å². The topological polar surface area (TPSA) is 107 Å². The lowest BCUT2D eigenvalue weighted by molar-refractivity contribution is -0.119. The number of hydrogen-bond donors (Lipinski definition) is 2. The fourth-order valence-electron chi connectivity index (χ4n) is 4.18. The second-order valence-electron chi connectivity index (χ2n) is 10.1. The van der Waals surface area contributed by atoms with E-state index in [1.165, 1.54) is 0 Å². The van der Waals surface area contributed by atoms with Crippen LogP contribution in [0.2, 0.25) is 0 Å². The van der Waals surface area contributed by atoms with Crippen molar-refractivity contribution in [2.45, 2.75) is 54.5 Å². The van der Waals surface area contributed by atoms with Gasteiger partial charge in [0, 0.05) is 17.4 Å². The molecule has 0 aliphatic carbocycles. The van der Waals surface area contributed by atoms with E-state index >= 15 is 0 Å². The van der Waals surface area contributed by atoms with Crippen LogP contribution in [0.4, 0.5) is 5.69 Å². The lowest BCUT2D eigenvalue weighted by Crippen LogP contribution is -2.38. The summed E-state index contributed by atoms with van der Waals surface area (Å²) >= 11 is 0. The van der Waals surface area contributed by atoms with Crippen LogP contribution in [0.3, 0.4) is 0 Å². The first-order chi connectivity index (χ1) is 16.9. The first kappa shape index (κ1) is 26.7. The van der Waals surface area contributed by atoms with Crippen molar-refractivity contribution in [3.63, 3.8) is 0 Å². The van der Waals surface area contributed by atoms with E-state index in [0.29, 0.717) is 11.5 Å². The number of benzene rings is 2. The molecule has 190 valence electrons. The highest BCUT2D eigenvalue weighted by atomic mass is 16.5. The lowest BCUT2D eigenvalue weighted by atomic mass is 9.86. The van der Waals surface area contributed by atoms with Crippen LogP contribution in [0, 0.1) is 33.1 Å². The molecular formula is C28H36N6O2. The molecule has 2 aromatic carbocycles. The van der Waals surface area contributed by atoms with Crippen molar-refractivity contribution >= 4 is 23.5 Å². The fraction of sp³-hybridized carbons (Fsp3) is 0.357. The monoisotopic (exact) mass is 488 g/mol. The number of nitrogens with one attached hydrogen (secondary N) is 1. The van der Waals surface area contributed by atoms with Crippen LogP contribution in [0.5, 0.6) is 5.75 Å². The number of aryl methyl sites for hydroxylation is 4. The first-order valence-corrected chi connectivity index (χ1v) is 11.8. The smallest absolute Gasteiger partial charge is 0.249 e. The molecule has 3 rings (SSSR count). The summed E-state index contributed by atoms with van der Waals surface area (Å²) < 4.78 is 7.50. The minimum Gasteiger partial charge on any atom is -0.495 e. The number of nitrogens with zero attached hydrogens (tertiary/aromatic N) is 4. The third-order valence-electron chi connectivity index (χ3n) is 5.94. The molecule has 0 bridgehead atoms. The number of hydrogen-bond acceptors (Lipinski definition) is 6. The molecule has 3 aromatic rings. The Bertz CT molecular complexity index is 1290. The molecule has 0 saturated heterocycles. The molecular weight excluding hydrogens is 452 g/mol. The normalized spacial score (nSPS) is 13.2. The van der Waals surface area contributed by atoms with Gasteiger partial charge < -0.3 is 20.5 Å². The number of ether oxygens (including phenoxy) is 1. The summed E-state index contributed by atoms with van der Waals surface area (Å²) in [6, 6.07) is 9.08. The highest BCUT2D eigenvalue weighted by Gasteiger charge is 2.31. The maximum Gasteiger partial charge on any atom is 0.249 e. The van der Waals surface area contributed by atoms with Crippen LogP contribution in [0.15, 0.2) is 52.9 Å². The van der Waals surface area contributed by atoms with Crippen molar-refractivity contribution in [2.24, 2.45) is 21.4 Å². The standard InChI is InChI=1S/C28H36N6O2/c1-17-11-18(2)25(19(3)12-17)32-27(35)26(28(5,6)7)30-14-22(33-29)21-9-10-23(24(13-21)36-8)34-15-20(4)31-16-34/h9-16,26H,29H2,1-8H3,(H,32,35)/b30-14?,33-22+. The molecule has 1 aromatic heterocycles. The van der Waals surface area contributed by atoms with Gasteiger partial charge in [0.05, 0.1) is 31.0 Å². The summed E-state index contributed by atoms with van der Waals surface area (Å²) in [6.07, 6.45) is 5.21. The molecule has 1 heterocycles. The Kier molecular flexibility index (Phi) is 7.97. The van der Waals surface area contributed by atoms with Gasteiger partial charge in [-0.3, -0.25) is 9.79 Å². The summed E-state index contributed by atoms with van der Waals surface area (Å²) in [5, 5.41) is 7.02. The number of rotatable bonds is 7. The Hall–Kier alpha value is -3.94. The van der Waals surface area contributed by atoms with E-state index in [0.717, 1.165) is 39.3 Å². The van der Waals surface area contributed by atoms with Crippen LogP contribution >= 0.6 is 0 Å². The average molecular weight is 489 g/mol. The van der Waals surface area contributed by atoms with Gasteiger partial charge in [0.15, 0.2) is 0 Å². The third-order valence-corrected chi connectivity index (χ3v) is 5.94. The van der Waals surface area contributed by atoms with Gasteiger partial charge in [0.2, 0.25) is 5.91 Å². The molecule has 0 saturated carbocycles. The van der Waals surface area contributed by atoms with E-state index in [1.54, 1.807) is 19.7 Å². The molecule has 1 unspecified atom stereocenters. The van der Waals surface area contributed by atoms with Gasteiger partial charge in [-0.25, -0.2) is 4.98 Å². The maximum absolute atomic E-state index is 13.4. The Balaban J connectivity index is 1.90. The highest BCUT2D eigenvalue weighted by Crippen LogP contribution is 2.28. The number of amides is 1. The van der Waals surface area contributed by atoms with E-state index in [2.05, 4.69) is 32.5 Å². The molecule has 1 atom stereocenters. The summed E-state index contributed by atoms with van der Waals surface area (Å²) in [4.78, 5) is 22.3. The summed E-state index contributed by atoms with van der Waals surface area (Å²) in [5.41, 5.74) is 6.46. The number of imidazole rings is 1. The Morgan fingerprint density at radius 3 is 2.33 bits per heavy atom. The van der Waals surface area contributed by atoms with Crippen molar-refractivity contribution in [2.75, 3.05) is 12.4 Å². The number of nitrogens with two attached hydrogens (primary N) is 1. The number of carbonyl (C=O) groups excluding carboxylic acids is 1. The average Bonchev–Trinajstić information content (AvgIpc) is 3.23. The molecule has 0 aliphatic rings. The van der Waals surface area contributed by atoms with Crippen molar-refractivity contribution in [1.82, 2.24) is 9.55 Å². The first-order valence-electron chi connectivity index (χ1n) is 11.8. The van der Waals surface area contributed by atoms with E-state index in [1.807, 2.05) is 77.4 Å². The maximum atomic E-state index is 13.4.